The van der Waals surface area contributed by atoms with Gasteiger partial charge in [0.2, 0.25) is 17.7 Å². The van der Waals surface area contributed by atoms with Gasteiger partial charge in [0.05, 0.1) is 6.10 Å². The molecule has 5 atom stereocenters. The van der Waals surface area contributed by atoms with Gasteiger partial charge in [0.25, 0.3) is 0 Å². The third-order valence-electron chi connectivity index (χ3n) is 5.64. The summed E-state index contributed by atoms with van der Waals surface area (Å²) in [5.74, 6) is -3.71. The van der Waals surface area contributed by atoms with Crippen molar-refractivity contribution >= 4 is 23.7 Å². The molecule has 1 aromatic carbocycles. The Balaban J connectivity index is 3.11. The Bertz CT molecular complexity index is 876. The molecule has 1 aromatic rings. The second-order valence-electron chi connectivity index (χ2n) is 9.11. The summed E-state index contributed by atoms with van der Waals surface area (Å²) in [6, 6.07) is 1.32. The van der Waals surface area contributed by atoms with Crippen LogP contribution in [-0.4, -0.2) is 75.8 Å². The molecule has 3 amide bonds. The molecular formula is C24H39N5O7. The molecule has 12 heteroatoms. The number of carbonyl (C=O) groups excluding carboxylic acids is 3. The number of hydrogen-bond donors (Lipinski definition) is 8. The number of phenolic OH excluding ortho intramolecular Hbond substituents is 1. The van der Waals surface area contributed by atoms with E-state index in [9.17, 15) is 34.5 Å². The van der Waals surface area contributed by atoms with Gasteiger partial charge in [-0.25, -0.2) is 4.79 Å². The summed E-state index contributed by atoms with van der Waals surface area (Å²) in [6.07, 6.45) is 0.117. The lowest BCUT2D eigenvalue weighted by atomic mass is 10.00. The molecule has 0 bridgehead atoms. The topological polar surface area (TPSA) is 217 Å². The van der Waals surface area contributed by atoms with Crippen molar-refractivity contribution in [3.8, 4) is 5.75 Å². The third kappa shape index (κ3) is 10.2. The van der Waals surface area contributed by atoms with Crippen LogP contribution in [0.5, 0.6) is 5.75 Å². The molecule has 0 aliphatic heterocycles. The Morgan fingerprint density at radius 3 is 1.97 bits per heavy atom. The van der Waals surface area contributed by atoms with E-state index in [1.165, 1.54) is 19.1 Å². The normalized spacial score (nSPS) is 15.3. The van der Waals surface area contributed by atoms with Crippen molar-refractivity contribution < 1.29 is 34.5 Å². The Labute approximate surface area is 210 Å². The van der Waals surface area contributed by atoms with Crippen molar-refractivity contribution in [1.29, 1.82) is 0 Å². The van der Waals surface area contributed by atoms with Crippen LogP contribution in [0, 0.1) is 5.92 Å². The van der Waals surface area contributed by atoms with Gasteiger partial charge in [-0.3, -0.25) is 14.4 Å². The lowest BCUT2D eigenvalue weighted by molar-refractivity contribution is -0.142. The highest BCUT2D eigenvalue weighted by atomic mass is 16.4. The number of nitrogens with one attached hydrogen (secondary N) is 3. The largest absolute Gasteiger partial charge is 0.508 e. The zero-order valence-electron chi connectivity index (χ0n) is 20.9. The van der Waals surface area contributed by atoms with Crippen molar-refractivity contribution in [2.24, 2.45) is 17.4 Å². The fourth-order valence-electron chi connectivity index (χ4n) is 3.36. The van der Waals surface area contributed by atoms with Crippen LogP contribution in [0.3, 0.4) is 0 Å². The number of hydrogen-bond acceptors (Lipinski definition) is 8. The van der Waals surface area contributed by atoms with Gasteiger partial charge in [0.1, 0.15) is 29.9 Å². The van der Waals surface area contributed by atoms with Gasteiger partial charge in [-0.05, 0) is 56.3 Å². The number of carboxylic acid groups (broad SMARTS) is 1. The smallest absolute Gasteiger partial charge is 0.326 e. The van der Waals surface area contributed by atoms with E-state index in [1.807, 2.05) is 0 Å². The molecule has 0 heterocycles. The number of aliphatic carboxylic acids is 1. The van der Waals surface area contributed by atoms with Crippen LogP contribution < -0.4 is 27.4 Å². The molecule has 12 nitrogen and oxygen atoms in total. The molecule has 0 radical (unpaired) electrons. The monoisotopic (exact) mass is 509 g/mol. The Morgan fingerprint density at radius 2 is 1.47 bits per heavy atom. The van der Waals surface area contributed by atoms with Gasteiger partial charge in [-0.15, -0.1) is 0 Å². The Kier molecular flexibility index (Phi) is 12.9. The number of amides is 3. The summed E-state index contributed by atoms with van der Waals surface area (Å²) in [5, 5.41) is 36.2. The van der Waals surface area contributed by atoms with Gasteiger partial charge >= 0.3 is 5.97 Å². The molecule has 1 rings (SSSR count). The molecule has 0 aromatic heterocycles. The maximum absolute atomic E-state index is 13.1. The maximum Gasteiger partial charge on any atom is 0.326 e. The highest BCUT2D eigenvalue weighted by Gasteiger charge is 2.32. The van der Waals surface area contributed by atoms with Crippen LogP contribution >= 0.6 is 0 Å². The Morgan fingerprint density at radius 1 is 0.889 bits per heavy atom. The number of aromatic hydroxyl groups is 1. The van der Waals surface area contributed by atoms with Gasteiger partial charge in [0, 0.05) is 6.42 Å². The molecule has 10 N–H and O–H groups in total. The summed E-state index contributed by atoms with van der Waals surface area (Å²) in [6.45, 7) is 5.11. The zero-order chi connectivity index (χ0) is 27.4. The van der Waals surface area contributed by atoms with Crippen LogP contribution in [-0.2, 0) is 25.6 Å². The number of rotatable bonds is 15. The first-order valence-electron chi connectivity index (χ1n) is 11.9. The fraction of sp³-hybridized carbons (Fsp3) is 0.583. The third-order valence-corrected chi connectivity index (χ3v) is 5.64. The van der Waals surface area contributed by atoms with Crippen molar-refractivity contribution in [3.63, 3.8) is 0 Å². The number of aliphatic hydroxyl groups excluding tert-OH is 1. The number of phenols is 1. The predicted octanol–water partition coefficient (Wildman–Crippen LogP) is -1.03. The van der Waals surface area contributed by atoms with Crippen LogP contribution in [0.2, 0.25) is 0 Å². The van der Waals surface area contributed by atoms with E-state index in [0.29, 0.717) is 24.9 Å². The SMILES string of the molecule is CC(C)C(NC(=O)C(N)C(C)O)C(=O)NC(Cc1ccc(O)cc1)C(=O)NC(CCCCN)C(=O)O. The van der Waals surface area contributed by atoms with E-state index in [-0.39, 0.29) is 18.6 Å². The van der Waals surface area contributed by atoms with E-state index in [0.717, 1.165) is 0 Å². The number of carboxylic acids is 1. The zero-order valence-corrected chi connectivity index (χ0v) is 20.9. The molecule has 0 saturated carbocycles. The second-order valence-corrected chi connectivity index (χ2v) is 9.11. The van der Waals surface area contributed by atoms with Crippen molar-refractivity contribution in [3.05, 3.63) is 29.8 Å². The number of nitrogens with two attached hydrogens (primary N) is 2. The quantitative estimate of drug-likeness (QED) is 0.135. The first-order chi connectivity index (χ1) is 16.9. The average Bonchev–Trinajstić information content (AvgIpc) is 2.81. The summed E-state index contributed by atoms with van der Waals surface area (Å²) in [7, 11) is 0. The fourth-order valence-corrected chi connectivity index (χ4v) is 3.36. The first kappa shape index (κ1) is 30.8. The lowest BCUT2D eigenvalue weighted by Gasteiger charge is -2.27. The minimum atomic E-state index is -1.25. The number of benzene rings is 1. The molecule has 36 heavy (non-hydrogen) atoms. The molecule has 0 aliphatic rings. The van der Waals surface area contributed by atoms with Gasteiger partial charge < -0.3 is 42.7 Å². The van der Waals surface area contributed by atoms with E-state index in [4.69, 9.17) is 11.5 Å². The average molecular weight is 510 g/mol. The van der Waals surface area contributed by atoms with E-state index in [1.54, 1.807) is 26.0 Å². The highest BCUT2D eigenvalue weighted by Crippen LogP contribution is 2.13. The van der Waals surface area contributed by atoms with Crippen molar-refractivity contribution in [1.82, 2.24) is 16.0 Å². The van der Waals surface area contributed by atoms with Gasteiger partial charge in [0.15, 0.2) is 0 Å². The van der Waals surface area contributed by atoms with Gasteiger partial charge in [-0.1, -0.05) is 26.0 Å². The van der Waals surface area contributed by atoms with Crippen LogP contribution in [0.15, 0.2) is 24.3 Å². The molecule has 0 saturated heterocycles. The van der Waals surface area contributed by atoms with Crippen LogP contribution in [0.4, 0.5) is 0 Å². The Hall–Kier alpha value is -3.22. The summed E-state index contributed by atoms with van der Waals surface area (Å²) < 4.78 is 0. The molecule has 0 fully saturated rings. The summed E-state index contributed by atoms with van der Waals surface area (Å²) in [5.41, 5.74) is 11.7. The lowest BCUT2D eigenvalue weighted by Crippen LogP contribution is -2.59. The standard InChI is InChI=1S/C24H39N5O7/c1-13(2)20(29-22(33)19(26)14(3)30)23(34)28-18(12-15-7-9-16(31)10-8-15)21(32)27-17(24(35)36)6-4-5-11-25/h7-10,13-14,17-20,30-31H,4-6,11-12,25-26H2,1-3H3,(H,27,32)(H,28,34)(H,29,33)(H,35,36). The van der Waals surface area contributed by atoms with E-state index < -0.39 is 59.9 Å². The molecule has 5 unspecified atom stereocenters. The van der Waals surface area contributed by atoms with Crippen LogP contribution in [0.25, 0.3) is 0 Å². The van der Waals surface area contributed by atoms with Crippen molar-refractivity contribution in [2.75, 3.05) is 6.54 Å². The van der Waals surface area contributed by atoms with Crippen LogP contribution in [0.1, 0.15) is 45.6 Å². The summed E-state index contributed by atoms with van der Waals surface area (Å²) >= 11 is 0. The second kappa shape index (κ2) is 15.0. The number of unbranched alkanes of at least 4 members (excludes halogenated alkanes) is 1. The molecule has 0 spiro atoms. The molecule has 202 valence electrons. The predicted molar refractivity (Wildman–Crippen MR) is 133 cm³/mol. The molecular weight excluding hydrogens is 470 g/mol. The van der Waals surface area contributed by atoms with E-state index in [2.05, 4.69) is 16.0 Å². The highest BCUT2D eigenvalue weighted by molar-refractivity contribution is 5.94. The number of carbonyl (C=O) groups is 4. The maximum atomic E-state index is 13.1. The van der Waals surface area contributed by atoms with Crippen molar-refractivity contribution in [2.45, 2.75) is 76.7 Å². The minimum absolute atomic E-state index is 0.00105. The van der Waals surface area contributed by atoms with E-state index >= 15 is 0 Å². The number of aliphatic hydroxyl groups is 1. The van der Waals surface area contributed by atoms with Gasteiger partial charge in [-0.2, -0.15) is 0 Å². The minimum Gasteiger partial charge on any atom is -0.508 e. The first-order valence-corrected chi connectivity index (χ1v) is 11.9. The summed E-state index contributed by atoms with van der Waals surface area (Å²) in [4.78, 5) is 50.2. The molecule has 0 aliphatic carbocycles.